The third-order valence-corrected chi connectivity index (χ3v) is 3.77. The van der Waals surface area contributed by atoms with Gasteiger partial charge in [0.2, 0.25) is 0 Å². The highest BCUT2D eigenvalue weighted by Crippen LogP contribution is 2.32. The SMILES string of the molecule is Cc1sc(NC(=O)Nc2cncnc2)c(C(=O)O)c1C. The zero-order chi connectivity index (χ0) is 14.7. The maximum atomic E-state index is 11.8. The molecule has 0 spiro atoms. The van der Waals surface area contributed by atoms with Gasteiger partial charge >= 0.3 is 12.0 Å². The molecule has 2 rings (SSSR count). The second-order valence-corrected chi connectivity index (χ2v) is 5.22. The third kappa shape index (κ3) is 2.91. The van der Waals surface area contributed by atoms with Gasteiger partial charge in [-0.1, -0.05) is 0 Å². The van der Waals surface area contributed by atoms with Gasteiger partial charge in [-0.2, -0.15) is 0 Å². The minimum absolute atomic E-state index is 0.118. The Labute approximate surface area is 118 Å². The van der Waals surface area contributed by atoms with Crippen LogP contribution in [0, 0.1) is 13.8 Å². The average molecular weight is 292 g/mol. The number of nitrogens with zero attached hydrogens (tertiary/aromatic N) is 2. The van der Waals surface area contributed by atoms with E-state index < -0.39 is 12.0 Å². The number of carboxylic acid groups (broad SMARTS) is 1. The van der Waals surface area contributed by atoms with Crippen molar-refractivity contribution in [3.8, 4) is 0 Å². The van der Waals surface area contributed by atoms with E-state index in [0.29, 0.717) is 16.3 Å². The molecule has 0 bridgehead atoms. The van der Waals surface area contributed by atoms with Crippen LogP contribution in [0.25, 0.3) is 0 Å². The zero-order valence-electron chi connectivity index (χ0n) is 10.8. The fourth-order valence-electron chi connectivity index (χ4n) is 1.60. The zero-order valence-corrected chi connectivity index (χ0v) is 11.6. The lowest BCUT2D eigenvalue weighted by Gasteiger charge is -2.06. The number of carboxylic acids is 1. The molecule has 2 heterocycles. The van der Waals surface area contributed by atoms with Crippen molar-refractivity contribution in [1.29, 1.82) is 0 Å². The van der Waals surface area contributed by atoms with Crippen molar-refractivity contribution in [2.24, 2.45) is 0 Å². The summed E-state index contributed by atoms with van der Waals surface area (Å²) in [6, 6.07) is -0.538. The summed E-state index contributed by atoms with van der Waals surface area (Å²) in [6.07, 6.45) is 4.23. The van der Waals surface area contributed by atoms with E-state index in [9.17, 15) is 14.7 Å². The van der Waals surface area contributed by atoms with Crippen LogP contribution in [-0.2, 0) is 0 Å². The van der Waals surface area contributed by atoms with E-state index in [4.69, 9.17) is 0 Å². The molecule has 7 nitrogen and oxygen atoms in total. The van der Waals surface area contributed by atoms with Crippen LogP contribution in [0.15, 0.2) is 18.7 Å². The molecule has 0 aromatic carbocycles. The van der Waals surface area contributed by atoms with Crippen molar-refractivity contribution >= 4 is 34.0 Å². The second-order valence-electron chi connectivity index (χ2n) is 4.00. The maximum Gasteiger partial charge on any atom is 0.338 e. The van der Waals surface area contributed by atoms with Crippen LogP contribution in [0.2, 0.25) is 0 Å². The Hall–Kier alpha value is -2.48. The highest BCUT2D eigenvalue weighted by Gasteiger charge is 2.20. The Kier molecular flexibility index (Phi) is 3.94. The van der Waals surface area contributed by atoms with Gasteiger partial charge in [0, 0.05) is 4.88 Å². The topological polar surface area (TPSA) is 104 Å². The molecule has 0 radical (unpaired) electrons. The first kappa shape index (κ1) is 13.9. The smallest absolute Gasteiger partial charge is 0.338 e. The van der Waals surface area contributed by atoms with Crippen molar-refractivity contribution in [2.45, 2.75) is 13.8 Å². The standard InChI is InChI=1S/C12H12N4O3S/c1-6-7(2)20-10(9(6)11(17)18)16-12(19)15-8-3-13-5-14-4-8/h3-5H,1-2H3,(H,17,18)(H2,15,16,19). The molecule has 0 saturated heterocycles. The summed E-state index contributed by atoms with van der Waals surface area (Å²) in [5.41, 5.74) is 1.19. The first-order chi connectivity index (χ1) is 9.49. The van der Waals surface area contributed by atoms with Crippen LogP contribution < -0.4 is 10.6 Å². The number of rotatable bonds is 3. The number of urea groups is 1. The molecule has 2 aromatic rings. The van der Waals surface area contributed by atoms with Gasteiger partial charge in [0.1, 0.15) is 11.3 Å². The molecule has 3 N–H and O–H groups in total. The molecule has 0 atom stereocenters. The molecule has 2 aromatic heterocycles. The number of nitrogens with one attached hydrogen (secondary N) is 2. The van der Waals surface area contributed by atoms with Crippen LogP contribution in [0.5, 0.6) is 0 Å². The van der Waals surface area contributed by atoms with Crippen molar-refractivity contribution < 1.29 is 14.7 Å². The summed E-state index contributed by atoms with van der Waals surface area (Å²) >= 11 is 1.22. The molecule has 0 aliphatic heterocycles. The number of carbonyl (C=O) groups excluding carboxylic acids is 1. The summed E-state index contributed by atoms with van der Waals surface area (Å²) in [5.74, 6) is -1.06. The highest BCUT2D eigenvalue weighted by molar-refractivity contribution is 7.16. The van der Waals surface area contributed by atoms with E-state index in [1.54, 1.807) is 13.8 Å². The predicted molar refractivity (Wildman–Crippen MR) is 75.4 cm³/mol. The van der Waals surface area contributed by atoms with Gasteiger partial charge < -0.3 is 10.4 Å². The average Bonchev–Trinajstić information content (AvgIpc) is 2.65. The van der Waals surface area contributed by atoms with Gasteiger partial charge in [-0.05, 0) is 19.4 Å². The number of hydrogen-bond donors (Lipinski definition) is 3. The number of aromatic carboxylic acids is 1. The molecule has 0 aliphatic rings. The van der Waals surface area contributed by atoms with E-state index in [2.05, 4.69) is 20.6 Å². The monoisotopic (exact) mass is 292 g/mol. The highest BCUT2D eigenvalue weighted by atomic mass is 32.1. The van der Waals surface area contributed by atoms with Crippen LogP contribution in [0.1, 0.15) is 20.8 Å². The Balaban J connectivity index is 2.16. The van der Waals surface area contributed by atoms with Crippen LogP contribution in [-0.4, -0.2) is 27.1 Å². The molecular weight excluding hydrogens is 280 g/mol. The Bertz CT molecular complexity index is 654. The minimum Gasteiger partial charge on any atom is -0.478 e. The van der Waals surface area contributed by atoms with Crippen LogP contribution in [0.4, 0.5) is 15.5 Å². The first-order valence-corrected chi connectivity index (χ1v) is 6.47. The molecule has 0 fully saturated rings. The maximum absolute atomic E-state index is 11.8. The number of thiophene rings is 1. The second kappa shape index (κ2) is 5.66. The lowest BCUT2D eigenvalue weighted by Crippen LogP contribution is -2.20. The molecular formula is C12H12N4O3S. The molecule has 20 heavy (non-hydrogen) atoms. The van der Waals surface area contributed by atoms with E-state index in [1.165, 1.54) is 30.1 Å². The summed E-state index contributed by atoms with van der Waals surface area (Å²) in [7, 11) is 0. The van der Waals surface area contributed by atoms with Gasteiger partial charge in [-0.3, -0.25) is 5.32 Å². The van der Waals surface area contributed by atoms with E-state index in [0.717, 1.165) is 4.88 Å². The van der Waals surface area contributed by atoms with Crippen LogP contribution >= 0.6 is 11.3 Å². The van der Waals surface area contributed by atoms with E-state index >= 15 is 0 Å². The molecule has 104 valence electrons. The summed E-state index contributed by atoms with van der Waals surface area (Å²) in [4.78, 5) is 31.4. The lowest BCUT2D eigenvalue weighted by molar-refractivity contribution is 0.0697. The predicted octanol–water partition coefficient (Wildman–Crippen LogP) is 2.50. The number of aryl methyl sites for hydroxylation is 1. The number of aromatic nitrogens is 2. The number of amides is 2. The normalized spacial score (nSPS) is 10.1. The van der Waals surface area contributed by atoms with Crippen molar-refractivity contribution in [3.05, 3.63) is 34.7 Å². The minimum atomic E-state index is -1.06. The van der Waals surface area contributed by atoms with Crippen molar-refractivity contribution in [2.75, 3.05) is 10.6 Å². The Morgan fingerprint density at radius 2 is 1.85 bits per heavy atom. The van der Waals surface area contributed by atoms with Gasteiger partial charge in [-0.15, -0.1) is 11.3 Å². The lowest BCUT2D eigenvalue weighted by atomic mass is 10.1. The van der Waals surface area contributed by atoms with Crippen molar-refractivity contribution in [1.82, 2.24) is 9.97 Å². The third-order valence-electron chi connectivity index (χ3n) is 2.64. The first-order valence-electron chi connectivity index (χ1n) is 5.65. The fourth-order valence-corrected chi connectivity index (χ4v) is 2.65. The molecule has 8 heteroatoms. The van der Waals surface area contributed by atoms with Gasteiger partial charge in [-0.25, -0.2) is 19.6 Å². The summed E-state index contributed by atoms with van der Waals surface area (Å²) in [5, 5.41) is 14.5. The van der Waals surface area contributed by atoms with E-state index in [-0.39, 0.29) is 5.56 Å². The largest absolute Gasteiger partial charge is 0.478 e. The Morgan fingerprint density at radius 3 is 2.45 bits per heavy atom. The fraction of sp³-hybridized carbons (Fsp3) is 0.167. The summed E-state index contributed by atoms with van der Waals surface area (Å²) < 4.78 is 0. The molecule has 0 saturated carbocycles. The summed E-state index contributed by atoms with van der Waals surface area (Å²) in [6.45, 7) is 3.52. The van der Waals surface area contributed by atoms with Gasteiger partial charge in [0.25, 0.3) is 0 Å². The number of carbonyl (C=O) groups is 2. The number of hydrogen-bond acceptors (Lipinski definition) is 5. The molecule has 0 aliphatic carbocycles. The van der Waals surface area contributed by atoms with Crippen LogP contribution in [0.3, 0.4) is 0 Å². The van der Waals surface area contributed by atoms with Gasteiger partial charge in [0.05, 0.1) is 23.6 Å². The Morgan fingerprint density at radius 1 is 1.20 bits per heavy atom. The van der Waals surface area contributed by atoms with Gasteiger partial charge in [0.15, 0.2) is 0 Å². The number of anilines is 2. The van der Waals surface area contributed by atoms with Crippen molar-refractivity contribution in [3.63, 3.8) is 0 Å². The quantitative estimate of drug-likeness (QED) is 0.806. The molecule has 2 amide bonds. The van der Waals surface area contributed by atoms with E-state index in [1.807, 2.05) is 0 Å². The molecule has 0 unspecified atom stereocenters.